The molecule has 0 spiro atoms. The summed E-state index contributed by atoms with van der Waals surface area (Å²) in [6, 6.07) is 13.8. The van der Waals surface area contributed by atoms with E-state index in [1.165, 1.54) is 0 Å². The van der Waals surface area contributed by atoms with E-state index in [-0.39, 0.29) is 0 Å². The molecule has 0 saturated carbocycles. The highest BCUT2D eigenvalue weighted by Gasteiger charge is 2.12. The standard InChI is InChI=1S/C16H16ClN3/c1-2-9-20-15-6-4-3-5-14(15)19-16(20)11-7-8-12(17)13(18)10-11/h3-8,10H,2,9,18H2,1H3. The summed E-state index contributed by atoms with van der Waals surface area (Å²) in [6.07, 6.45) is 1.05. The third kappa shape index (κ3) is 2.14. The van der Waals surface area contributed by atoms with Crippen molar-refractivity contribution in [1.29, 1.82) is 0 Å². The number of hydrogen-bond donors (Lipinski definition) is 1. The van der Waals surface area contributed by atoms with Crippen LogP contribution in [0.5, 0.6) is 0 Å². The lowest BCUT2D eigenvalue weighted by atomic mass is 10.2. The van der Waals surface area contributed by atoms with Gasteiger partial charge in [-0.1, -0.05) is 30.7 Å². The van der Waals surface area contributed by atoms with Crippen LogP contribution < -0.4 is 5.73 Å². The molecule has 1 aromatic heterocycles. The zero-order chi connectivity index (χ0) is 14.1. The lowest BCUT2D eigenvalue weighted by molar-refractivity contribution is 0.704. The van der Waals surface area contributed by atoms with Crippen LogP contribution in [-0.4, -0.2) is 9.55 Å². The van der Waals surface area contributed by atoms with E-state index in [0.29, 0.717) is 10.7 Å². The van der Waals surface area contributed by atoms with Gasteiger partial charge in [-0.15, -0.1) is 0 Å². The van der Waals surface area contributed by atoms with Gasteiger partial charge in [0.05, 0.1) is 21.7 Å². The normalized spacial score (nSPS) is 11.1. The second-order valence-corrected chi connectivity index (χ2v) is 5.22. The molecule has 20 heavy (non-hydrogen) atoms. The quantitative estimate of drug-likeness (QED) is 0.727. The Balaban J connectivity index is 2.23. The summed E-state index contributed by atoms with van der Waals surface area (Å²) in [6.45, 7) is 3.09. The van der Waals surface area contributed by atoms with Crippen molar-refractivity contribution in [2.45, 2.75) is 19.9 Å². The van der Waals surface area contributed by atoms with E-state index in [2.05, 4.69) is 17.6 Å². The minimum Gasteiger partial charge on any atom is -0.398 e. The summed E-state index contributed by atoms with van der Waals surface area (Å²) in [5.74, 6) is 0.941. The van der Waals surface area contributed by atoms with Crippen LogP contribution in [0.25, 0.3) is 22.4 Å². The molecule has 0 amide bonds. The lowest BCUT2D eigenvalue weighted by Crippen LogP contribution is -2.00. The fourth-order valence-electron chi connectivity index (χ4n) is 2.43. The molecule has 0 atom stereocenters. The number of halogens is 1. The first kappa shape index (κ1) is 13.0. The van der Waals surface area contributed by atoms with Gasteiger partial charge in [0.2, 0.25) is 0 Å². The summed E-state index contributed by atoms with van der Waals surface area (Å²) >= 11 is 6.00. The molecule has 2 N–H and O–H groups in total. The van der Waals surface area contributed by atoms with E-state index >= 15 is 0 Å². The maximum Gasteiger partial charge on any atom is 0.141 e. The van der Waals surface area contributed by atoms with Crippen LogP contribution in [-0.2, 0) is 6.54 Å². The molecule has 3 rings (SSSR count). The number of para-hydroxylation sites is 2. The van der Waals surface area contributed by atoms with Gasteiger partial charge >= 0.3 is 0 Å². The van der Waals surface area contributed by atoms with Gasteiger partial charge < -0.3 is 10.3 Å². The highest BCUT2D eigenvalue weighted by atomic mass is 35.5. The molecule has 0 aliphatic heterocycles. The third-order valence-electron chi connectivity index (χ3n) is 3.36. The number of aromatic nitrogens is 2. The van der Waals surface area contributed by atoms with Crippen LogP contribution >= 0.6 is 11.6 Å². The van der Waals surface area contributed by atoms with Crippen LogP contribution in [0.1, 0.15) is 13.3 Å². The molecule has 0 radical (unpaired) electrons. The summed E-state index contributed by atoms with van der Waals surface area (Å²) < 4.78 is 2.23. The van der Waals surface area contributed by atoms with Crippen molar-refractivity contribution in [3.63, 3.8) is 0 Å². The van der Waals surface area contributed by atoms with Crippen LogP contribution in [0.3, 0.4) is 0 Å². The molecule has 0 aliphatic rings. The van der Waals surface area contributed by atoms with Crippen LogP contribution in [0.2, 0.25) is 5.02 Å². The maximum atomic E-state index is 6.00. The highest BCUT2D eigenvalue weighted by molar-refractivity contribution is 6.33. The Morgan fingerprint density at radius 3 is 2.75 bits per heavy atom. The minimum absolute atomic E-state index is 0.576. The molecule has 0 aliphatic carbocycles. The molecule has 0 bridgehead atoms. The molecule has 2 aromatic carbocycles. The van der Waals surface area contributed by atoms with Crippen molar-refractivity contribution < 1.29 is 0 Å². The van der Waals surface area contributed by atoms with Gasteiger partial charge in [-0.2, -0.15) is 0 Å². The summed E-state index contributed by atoms with van der Waals surface area (Å²) in [4.78, 5) is 4.74. The average Bonchev–Trinajstić information content (AvgIpc) is 2.82. The van der Waals surface area contributed by atoms with Crippen molar-refractivity contribution in [2.24, 2.45) is 0 Å². The van der Waals surface area contributed by atoms with Gasteiger partial charge in [-0.25, -0.2) is 4.98 Å². The van der Waals surface area contributed by atoms with Crippen molar-refractivity contribution in [1.82, 2.24) is 9.55 Å². The zero-order valence-electron chi connectivity index (χ0n) is 11.3. The number of aryl methyl sites for hydroxylation is 1. The number of anilines is 1. The van der Waals surface area contributed by atoms with Gasteiger partial charge in [0.15, 0.2) is 0 Å². The molecule has 1 heterocycles. The number of nitrogen functional groups attached to an aromatic ring is 1. The fraction of sp³-hybridized carbons (Fsp3) is 0.188. The van der Waals surface area contributed by atoms with E-state index in [1.807, 2.05) is 36.4 Å². The van der Waals surface area contributed by atoms with Gasteiger partial charge in [0, 0.05) is 12.1 Å². The monoisotopic (exact) mass is 285 g/mol. The van der Waals surface area contributed by atoms with Gasteiger partial charge in [-0.3, -0.25) is 0 Å². The fourth-order valence-corrected chi connectivity index (χ4v) is 2.55. The first-order chi connectivity index (χ1) is 9.70. The van der Waals surface area contributed by atoms with E-state index in [0.717, 1.165) is 35.4 Å². The number of fused-ring (bicyclic) bond motifs is 1. The second kappa shape index (κ2) is 5.17. The van der Waals surface area contributed by atoms with Gasteiger partial charge in [-0.05, 0) is 36.8 Å². The lowest BCUT2D eigenvalue weighted by Gasteiger charge is -2.08. The molecule has 0 fully saturated rings. The van der Waals surface area contributed by atoms with E-state index in [4.69, 9.17) is 22.3 Å². The maximum absolute atomic E-state index is 6.00. The van der Waals surface area contributed by atoms with E-state index in [1.54, 1.807) is 0 Å². The Morgan fingerprint density at radius 2 is 2.00 bits per heavy atom. The van der Waals surface area contributed by atoms with E-state index in [9.17, 15) is 0 Å². The second-order valence-electron chi connectivity index (χ2n) is 4.81. The molecule has 0 saturated heterocycles. The predicted octanol–water partition coefficient (Wildman–Crippen LogP) is 4.35. The number of nitrogens with two attached hydrogens (primary N) is 1. The molecule has 3 nitrogen and oxygen atoms in total. The van der Waals surface area contributed by atoms with Crippen LogP contribution in [0, 0.1) is 0 Å². The predicted molar refractivity (Wildman–Crippen MR) is 84.9 cm³/mol. The Morgan fingerprint density at radius 1 is 1.20 bits per heavy atom. The Bertz CT molecular complexity index is 762. The SMILES string of the molecule is CCCn1c(-c2ccc(Cl)c(N)c2)nc2ccccc21. The molecule has 3 aromatic rings. The molecule has 0 unspecified atom stereocenters. The van der Waals surface area contributed by atoms with Crippen LogP contribution in [0.4, 0.5) is 5.69 Å². The zero-order valence-corrected chi connectivity index (χ0v) is 12.1. The largest absolute Gasteiger partial charge is 0.398 e. The van der Waals surface area contributed by atoms with Crippen molar-refractivity contribution >= 4 is 28.3 Å². The smallest absolute Gasteiger partial charge is 0.141 e. The Labute approximate surface area is 123 Å². The summed E-state index contributed by atoms with van der Waals surface area (Å²) in [7, 11) is 0. The van der Waals surface area contributed by atoms with Crippen molar-refractivity contribution in [2.75, 3.05) is 5.73 Å². The Kier molecular flexibility index (Phi) is 3.36. The van der Waals surface area contributed by atoms with E-state index < -0.39 is 0 Å². The molecular weight excluding hydrogens is 270 g/mol. The summed E-state index contributed by atoms with van der Waals surface area (Å²) in [5, 5.41) is 0.576. The van der Waals surface area contributed by atoms with Gasteiger partial charge in [0.25, 0.3) is 0 Å². The van der Waals surface area contributed by atoms with Crippen molar-refractivity contribution in [3.8, 4) is 11.4 Å². The van der Waals surface area contributed by atoms with Crippen molar-refractivity contribution in [3.05, 3.63) is 47.5 Å². The highest BCUT2D eigenvalue weighted by Crippen LogP contribution is 2.29. The first-order valence-corrected chi connectivity index (χ1v) is 7.09. The third-order valence-corrected chi connectivity index (χ3v) is 3.70. The van der Waals surface area contributed by atoms with Crippen LogP contribution in [0.15, 0.2) is 42.5 Å². The summed E-state index contributed by atoms with van der Waals surface area (Å²) in [5.41, 5.74) is 9.64. The average molecular weight is 286 g/mol. The number of rotatable bonds is 3. The number of imidazole rings is 1. The number of hydrogen-bond acceptors (Lipinski definition) is 2. The first-order valence-electron chi connectivity index (χ1n) is 6.71. The molecule has 102 valence electrons. The number of nitrogens with zero attached hydrogens (tertiary/aromatic N) is 2. The molecular formula is C16H16ClN3. The number of benzene rings is 2. The topological polar surface area (TPSA) is 43.8 Å². The minimum atomic E-state index is 0.576. The Hall–Kier alpha value is -2.00. The van der Waals surface area contributed by atoms with Gasteiger partial charge in [0.1, 0.15) is 5.82 Å². The molecule has 4 heteroatoms.